The molecule has 0 aliphatic carbocycles. The van der Waals surface area contributed by atoms with Crippen LogP contribution < -0.4 is 16.0 Å². The molecule has 1 amide bonds. The quantitative estimate of drug-likeness (QED) is 0.753. The minimum atomic E-state index is 0.0550. The summed E-state index contributed by atoms with van der Waals surface area (Å²) in [5.74, 6) is 0.0550. The number of carbonyl (C=O) groups excluding carboxylic acids is 1. The Hall–Kier alpha value is -1.55. The molecule has 0 spiro atoms. The van der Waals surface area contributed by atoms with Crippen molar-refractivity contribution < 1.29 is 4.79 Å². The second-order valence-corrected chi connectivity index (χ2v) is 4.78. The summed E-state index contributed by atoms with van der Waals surface area (Å²) in [6.07, 6.45) is 2.19. The normalized spacial score (nSPS) is 23.4. The first kappa shape index (κ1) is 12.9. The van der Waals surface area contributed by atoms with Gasteiger partial charge >= 0.3 is 0 Å². The molecule has 0 aromatic heterocycles. The van der Waals surface area contributed by atoms with Crippen molar-refractivity contribution in [3.05, 3.63) is 30.3 Å². The number of piperidine rings is 1. The Morgan fingerprint density at radius 1 is 1.39 bits per heavy atom. The molecule has 98 valence electrons. The molecule has 2 rings (SSSR count). The summed E-state index contributed by atoms with van der Waals surface area (Å²) in [6.45, 7) is 3.50. The van der Waals surface area contributed by atoms with Gasteiger partial charge in [0.1, 0.15) is 0 Å². The molecule has 1 aliphatic rings. The van der Waals surface area contributed by atoms with E-state index in [4.69, 9.17) is 0 Å². The smallest absolute Gasteiger partial charge is 0.239 e. The van der Waals surface area contributed by atoms with Crippen molar-refractivity contribution in [3.8, 4) is 0 Å². The Balaban J connectivity index is 1.75. The zero-order chi connectivity index (χ0) is 12.8. The maximum atomic E-state index is 11.8. The van der Waals surface area contributed by atoms with Crippen LogP contribution in [0.25, 0.3) is 0 Å². The molecule has 4 heteroatoms. The van der Waals surface area contributed by atoms with E-state index in [0.29, 0.717) is 12.6 Å². The van der Waals surface area contributed by atoms with Gasteiger partial charge in [-0.15, -0.1) is 0 Å². The molecule has 0 radical (unpaired) electrons. The second kappa shape index (κ2) is 6.40. The zero-order valence-corrected chi connectivity index (χ0v) is 10.8. The number of nitrogens with one attached hydrogen (secondary N) is 3. The highest BCUT2D eigenvalue weighted by Crippen LogP contribution is 2.08. The first-order chi connectivity index (χ1) is 8.75. The van der Waals surface area contributed by atoms with Crippen LogP contribution in [0.1, 0.15) is 19.8 Å². The molecule has 0 bridgehead atoms. The van der Waals surface area contributed by atoms with Crippen LogP contribution in [0.2, 0.25) is 0 Å². The predicted molar refractivity (Wildman–Crippen MR) is 73.6 cm³/mol. The summed E-state index contributed by atoms with van der Waals surface area (Å²) < 4.78 is 0. The highest BCUT2D eigenvalue weighted by Gasteiger charge is 2.21. The van der Waals surface area contributed by atoms with Crippen LogP contribution >= 0.6 is 0 Å². The van der Waals surface area contributed by atoms with Crippen molar-refractivity contribution in [3.63, 3.8) is 0 Å². The number of hydrogen-bond donors (Lipinski definition) is 3. The third-order valence-corrected chi connectivity index (χ3v) is 3.34. The van der Waals surface area contributed by atoms with Crippen LogP contribution in [-0.2, 0) is 4.79 Å². The Bertz CT molecular complexity index is 380. The predicted octanol–water partition coefficient (Wildman–Crippen LogP) is 1.36. The van der Waals surface area contributed by atoms with E-state index in [-0.39, 0.29) is 11.9 Å². The van der Waals surface area contributed by atoms with E-state index >= 15 is 0 Å². The van der Waals surface area contributed by atoms with Crippen molar-refractivity contribution in [1.82, 2.24) is 10.6 Å². The van der Waals surface area contributed by atoms with Gasteiger partial charge < -0.3 is 16.0 Å². The lowest BCUT2D eigenvalue weighted by atomic mass is 10.00. The summed E-state index contributed by atoms with van der Waals surface area (Å²) in [6, 6.07) is 10.4. The minimum Gasteiger partial charge on any atom is -0.376 e. The molecule has 4 nitrogen and oxygen atoms in total. The molecule has 18 heavy (non-hydrogen) atoms. The lowest BCUT2D eigenvalue weighted by Gasteiger charge is -2.30. The molecule has 2 unspecified atom stereocenters. The van der Waals surface area contributed by atoms with Crippen molar-refractivity contribution >= 4 is 11.6 Å². The summed E-state index contributed by atoms with van der Waals surface area (Å²) in [7, 11) is 0. The monoisotopic (exact) mass is 247 g/mol. The van der Waals surface area contributed by atoms with Crippen molar-refractivity contribution in [2.75, 3.05) is 18.4 Å². The van der Waals surface area contributed by atoms with E-state index in [2.05, 4.69) is 22.9 Å². The maximum Gasteiger partial charge on any atom is 0.239 e. The first-order valence-electron chi connectivity index (χ1n) is 6.57. The number of benzene rings is 1. The Morgan fingerprint density at radius 2 is 2.17 bits per heavy atom. The summed E-state index contributed by atoms with van der Waals surface area (Å²) in [5.41, 5.74) is 0.975. The number of rotatable bonds is 4. The highest BCUT2D eigenvalue weighted by atomic mass is 16.2. The van der Waals surface area contributed by atoms with Gasteiger partial charge in [-0.3, -0.25) is 4.79 Å². The fourth-order valence-electron chi connectivity index (χ4n) is 2.24. The number of carbonyl (C=O) groups is 1. The molecule has 2 atom stereocenters. The summed E-state index contributed by atoms with van der Waals surface area (Å²) in [5, 5.41) is 9.57. The molecule has 1 aliphatic heterocycles. The van der Waals surface area contributed by atoms with E-state index < -0.39 is 0 Å². The fourth-order valence-corrected chi connectivity index (χ4v) is 2.24. The summed E-state index contributed by atoms with van der Waals surface area (Å²) in [4.78, 5) is 11.8. The Morgan fingerprint density at radius 3 is 2.89 bits per heavy atom. The van der Waals surface area contributed by atoms with Crippen LogP contribution in [0.4, 0.5) is 5.69 Å². The number of hydrogen-bond acceptors (Lipinski definition) is 3. The molecule has 0 saturated carbocycles. The van der Waals surface area contributed by atoms with E-state index in [9.17, 15) is 4.79 Å². The molecule has 1 aromatic rings. The molecular formula is C14H21N3O. The van der Waals surface area contributed by atoms with E-state index in [1.54, 1.807) is 0 Å². The molecule has 1 fully saturated rings. The second-order valence-electron chi connectivity index (χ2n) is 4.78. The lowest BCUT2D eigenvalue weighted by molar-refractivity contribution is -0.120. The van der Waals surface area contributed by atoms with Crippen LogP contribution in [0.3, 0.4) is 0 Å². The van der Waals surface area contributed by atoms with Gasteiger partial charge in [0.05, 0.1) is 6.54 Å². The van der Waals surface area contributed by atoms with Gasteiger partial charge in [0.25, 0.3) is 0 Å². The molecule has 3 N–H and O–H groups in total. The van der Waals surface area contributed by atoms with E-state index in [1.165, 1.54) is 0 Å². The fraction of sp³-hybridized carbons (Fsp3) is 0.500. The van der Waals surface area contributed by atoms with Crippen LogP contribution in [0.15, 0.2) is 30.3 Å². The number of anilines is 1. The molecule has 1 saturated heterocycles. The van der Waals surface area contributed by atoms with Gasteiger partial charge in [-0.2, -0.15) is 0 Å². The lowest BCUT2D eigenvalue weighted by Crippen LogP contribution is -2.52. The standard InChI is InChI=1S/C14H21N3O/c1-11-13(8-5-9-15-11)17-14(18)10-16-12-6-3-2-4-7-12/h2-4,6-7,11,13,15-16H,5,8-10H2,1H3,(H,17,18). The Kier molecular flexibility index (Phi) is 4.59. The van der Waals surface area contributed by atoms with Gasteiger partial charge in [0.15, 0.2) is 0 Å². The highest BCUT2D eigenvalue weighted by molar-refractivity contribution is 5.81. The van der Waals surface area contributed by atoms with Crippen LogP contribution in [0.5, 0.6) is 0 Å². The van der Waals surface area contributed by atoms with Crippen molar-refractivity contribution in [1.29, 1.82) is 0 Å². The van der Waals surface area contributed by atoms with Crippen LogP contribution in [-0.4, -0.2) is 31.1 Å². The zero-order valence-electron chi connectivity index (χ0n) is 10.8. The largest absolute Gasteiger partial charge is 0.376 e. The average Bonchev–Trinajstić information content (AvgIpc) is 2.40. The summed E-state index contributed by atoms with van der Waals surface area (Å²) >= 11 is 0. The SMILES string of the molecule is CC1NCCCC1NC(=O)CNc1ccccc1. The van der Waals surface area contributed by atoms with Gasteiger partial charge in [0, 0.05) is 17.8 Å². The molecule has 1 heterocycles. The van der Waals surface area contributed by atoms with Gasteiger partial charge in [0.2, 0.25) is 5.91 Å². The van der Waals surface area contributed by atoms with Gasteiger partial charge in [-0.25, -0.2) is 0 Å². The van der Waals surface area contributed by atoms with Crippen molar-refractivity contribution in [2.24, 2.45) is 0 Å². The Labute approximate surface area is 108 Å². The topological polar surface area (TPSA) is 53.2 Å². The third kappa shape index (κ3) is 3.74. The van der Waals surface area contributed by atoms with Crippen LogP contribution in [0, 0.1) is 0 Å². The van der Waals surface area contributed by atoms with Gasteiger partial charge in [-0.05, 0) is 38.4 Å². The van der Waals surface area contributed by atoms with E-state index in [1.807, 2.05) is 30.3 Å². The number of amides is 1. The number of para-hydroxylation sites is 1. The maximum absolute atomic E-state index is 11.8. The van der Waals surface area contributed by atoms with E-state index in [0.717, 1.165) is 25.1 Å². The third-order valence-electron chi connectivity index (χ3n) is 3.34. The van der Waals surface area contributed by atoms with Crippen molar-refractivity contribution in [2.45, 2.75) is 31.8 Å². The molecule has 1 aromatic carbocycles. The molecular weight excluding hydrogens is 226 g/mol. The first-order valence-corrected chi connectivity index (χ1v) is 6.57. The van der Waals surface area contributed by atoms with Gasteiger partial charge in [-0.1, -0.05) is 18.2 Å². The minimum absolute atomic E-state index is 0.0550. The average molecular weight is 247 g/mol.